The van der Waals surface area contributed by atoms with Gasteiger partial charge in [0, 0.05) is 23.7 Å². The normalized spacial score (nSPS) is 14.3. The van der Waals surface area contributed by atoms with Crippen molar-refractivity contribution < 1.29 is 19.1 Å². The summed E-state index contributed by atoms with van der Waals surface area (Å²) in [6, 6.07) is 25.0. The average molecular weight is 500 g/mol. The molecule has 4 rings (SSSR count). The number of nitrogens with one attached hydrogen (secondary N) is 3. The molecule has 0 aliphatic heterocycles. The Balaban J connectivity index is 1.36. The first-order chi connectivity index (χ1) is 18.1. The third-order valence-corrected chi connectivity index (χ3v) is 6.46. The fourth-order valence-corrected chi connectivity index (χ4v) is 4.42. The van der Waals surface area contributed by atoms with Crippen molar-refractivity contribution in [1.82, 2.24) is 10.6 Å². The number of ether oxygens (including phenoxy) is 1. The van der Waals surface area contributed by atoms with Crippen LogP contribution in [0.4, 0.5) is 10.5 Å². The van der Waals surface area contributed by atoms with E-state index in [-0.39, 0.29) is 24.5 Å². The van der Waals surface area contributed by atoms with Gasteiger partial charge in [-0.05, 0) is 48.2 Å². The second-order valence-electron chi connectivity index (χ2n) is 9.32. The average Bonchev–Trinajstić information content (AvgIpc) is 2.93. The second kappa shape index (κ2) is 13.3. The van der Waals surface area contributed by atoms with Crippen molar-refractivity contribution in [2.75, 3.05) is 5.32 Å². The van der Waals surface area contributed by atoms with Crippen LogP contribution >= 0.6 is 0 Å². The Morgan fingerprint density at radius 3 is 2.05 bits per heavy atom. The van der Waals surface area contributed by atoms with Crippen LogP contribution in [0.2, 0.25) is 0 Å². The molecule has 1 aliphatic rings. The van der Waals surface area contributed by atoms with E-state index in [0.717, 1.165) is 36.8 Å². The minimum Gasteiger partial charge on any atom is -0.445 e. The van der Waals surface area contributed by atoms with Crippen LogP contribution < -0.4 is 16.0 Å². The highest BCUT2D eigenvalue weighted by atomic mass is 16.5. The van der Waals surface area contributed by atoms with E-state index in [1.165, 1.54) is 6.42 Å². The summed E-state index contributed by atoms with van der Waals surface area (Å²) >= 11 is 0. The van der Waals surface area contributed by atoms with E-state index in [9.17, 15) is 14.4 Å². The summed E-state index contributed by atoms with van der Waals surface area (Å²) in [5, 5.41) is 8.64. The lowest BCUT2D eigenvalue weighted by atomic mass is 9.95. The highest BCUT2D eigenvalue weighted by Gasteiger charge is 2.23. The number of rotatable bonds is 9. The van der Waals surface area contributed by atoms with E-state index >= 15 is 0 Å². The molecule has 37 heavy (non-hydrogen) atoms. The number of carbonyl (C=O) groups excluding carboxylic acids is 3. The predicted molar refractivity (Wildman–Crippen MR) is 143 cm³/mol. The molecule has 0 radical (unpaired) electrons. The van der Waals surface area contributed by atoms with Crippen LogP contribution in [0, 0.1) is 0 Å². The second-order valence-corrected chi connectivity index (χ2v) is 9.32. The Morgan fingerprint density at radius 1 is 0.784 bits per heavy atom. The zero-order chi connectivity index (χ0) is 25.9. The minimum absolute atomic E-state index is 0.102. The molecule has 1 fully saturated rings. The number of benzene rings is 3. The molecule has 0 unspecified atom stereocenters. The van der Waals surface area contributed by atoms with Gasteiger partial charge in [0.15, 0.2) is 0 Å². The zero-order valence-electron chi connectivity index (χ0n) is 20.8. The molecule has 1 aliphatic carbocycles. The zero-order valence-corrected chi connectivity index (χ0v) is 20.8. The Labute approximate surface area is 217 Å². The van der Waals surface area contributed by atoms with Gasteiger partial charge in [0.25, 0.3) is 5.91 Å². The van der Waals surface area contributed by atoms with E-state index in [1.807, 2.05) is 60.7 Å². The largest absolute Gasteiger partial charge is 0.445 e. The van der Waals surface area contributed by atoms with Gasteiger partial charge in [0.1, 0.15) is 12.6 Å². The Morgan fingerprint density at radius 2 is 1.41 bits per heavy atom. The molecular formula is C30H33N3O4. The van der Waals surface area contributed by atoms with Gasteiger partial charge < -0.3 is 20.7 Å². The van der Waals surface area contributed by atoms with Crippen molar-refractivity contribution in [2.45, 2.75) is 57.2 Å². The standard InChI is InChI=1S/C30H33N3O4/c34-28(31-25-14-8-3-9-15-25)24-16-18-26(19-17-24)32-29(35)27(20-22-10-4-1-5-11-22)33-30(36)37-21-23-12-6-2-7-13-23/h1-2,4-7,10-13,16-19,25,27H,3,8-9,14-15,20-21H2,(H,31,34)(H,32,35)(H,33,36)/t27-/m1/s1. The molecule has 3 amide bonds. The topological polar surface area (TPSA) is 96.5 Å². The maximum absolute atomic E-state index is 13.1. The third-order valence-electron chi connectivity index (χ3n) is 6.46. The fraction of sp³-hybridized carbons (Fsp3) is 0.300. The molecule has 192 valence electrons. The molecule has 0 aromatic heterocycles. The van der Waals surface area contributed by atoms with Crippen LogP contribution in [-0.2, 0) is 22.6 Å². The molecule has 0 spiro atoms. The number of anilines is 1. The summed E-state index contributed by atoms with van der Waals surface area (Å²) in [5.41, 5.74) is 2.85. The van der Waals surface area contributed by atoms with Crippen molar-refractivity contribution in [2.24, 2.45) is 0 Å². The number of carbonyl (C=O) groups is 3. The summed E-state index contributed by atoms with van der Waals surface area (Å²) in [7, 11) is 0. The number of amides is 3. The third kappa shape index (κ3) is 8.20. The van der Waals surface area contributed by atoms with E-state index in [2.05, 4.69) is 16.0 Å². The van der Waals surface area contributed by atoms with Crippen LogP contribution in [0.15, 0.2) is 84.9 Å². The van der Waals surface area contributed by atoms with Gasteiger partial charge in [-0.1, -0.05) is 79.9 Å². The van der Waals surface area contributed by atoms with Gasteiger partial charge in [-0.25, -0.2) is 4.79 Å². The van der Waals surface area contributed by atoms with E-state index in [1.54, 1.807) is 24.3 Å². The Hall–Kier alpha value is -4.13. The summed E-state index contributed by atoms with van der Waals surface area (Å²) in [4.78, 5) is 38.2. The minimum atomic E-state index is -0.847. The molecule has 7 nitrogen and oxygen atoms in total. The maximum Gasteiger partial charge on any atom is 0.408 e. The van der Waals surface area contributed by atoms with Crippen molar-refractivity contribution in [3.63, 3.8) is 0 Å². The van der Waals surface area contributed by atoms with Crippen LogP contribution in [0.5, 0.6) is 0 Å². The predicted octanol–water partition coefficient (Wildman–Crippen LogP) is 5.23. The van der Waals surface area contributed by atoms with Gasteiger partial charge in [-0.2, -0.15) is 0 Å². The quantitative estimate of drug-likeness (QED) is 0.376. The van der Waals surface area contributed by atoms with Crippen molar-refractivity contribution in [1.29, 1.82) is 0 Å². The van der Waals surface area contributed by atoms with E-state index < -0.39 is 12.1 Å². The first kappa shape index (κ1) is 25.9. The van der Waals surface area contributed by atoms with Gasteiger partial charge in [-0.3, -0.25) is 9.59 Å². The van der Waals surface area contributed by atoms with E-state index in [4.69, 9.17) is 4.74 Å². The number of hydrogen-bond donors (Lipinski definition) is 3. The van der Waals surface area contributed by atoms with Gasteiger partial charge in [0.2, 0.25) is 5.91 Å². The molecule has 3 aromatic rings. The molecule has 3 N–H and O–H groups in total. The lowest BCUT2D eigenvalue weighted by Gasteiger charge is -2.22. The number of alkyl carbamates (subject to hydrolysis) is 1. The summed E-state index contributed by atoms with van der Waals surface area (Å²) < 4.78 is 5.33. The van der Waals surface area contributed by atoms with Gasteiger partial charge >= 0.3 is 6.09 Å². The molecule has 1 atom stereocenters. The first-order valence-electron chi connectivity index (χ1n) is 12.8. The Kier molecular flexibility index (Phi) is 9.29. The molecule has 3 aromatic carbocycles. The summed E-state index contributed by atoms with van der Waals surface area (Å²) in [6.07, 6.45) is 5.18. The van der Waals surface area contributed by atoms with Crippen LogP contribution in [0.25, 0.3) is 0 Å². The summed E-state index contributed by atoms with van der Waals surface area (Å²) in [5.74, 6) is -0.477. The SMILES string of the molecule is O=C(N[C@H](Cc1ccccc1)C(=O)Nc1ccc(C(=O)NC2CCCCC2)cc1)OCc1ccccc1. The molecule has 1 saturated carbocycles. The first-order valence-corrected chi connectivity index (χ1v) is 12.8. The van der Waals surface area contributed by atoms with Crippen LogP contribution in [0.3, 0.4) is 0 Å². The molecule has 0 heterocycles. The fourth-order valence-electron chi connectivity index (χ4n) is 4.42. The van der Waals surface area contributed by atoms with Crippen molar-refractivity contribution >= 4 is 23.6 Å². The van der Waals surface area contributed by atoms with Crippen LogP contribution in [0.1, 0.15) is 53.6 Å². The molecule has 7 heteroatoms. The summed E-state index contributed by atoms with van der Waals surface area (Å²) in [6.45, 7) is 0.108. The lowest BCUT2D eigenvalue weighted by molar-refractivity contribution is -0.118. The number of hydrogen-bond acceptors (Lipinski definition) is 4. The molecule has 0 saturated heterocycles. The highest BCUT2D eigenvalue weighted by Crippen LogP contribution is 2.18. The smallest absolute Gasteiger partial charge is 0.408 e. The van der Waals surface area contributed by atoms with Gasteiger partial charge in [0.05, 0.1) is 0 Å². The maximum atomic E-state index is 13.1. The van der Waals surface area contributed by atoms with E-state index in [0.29, 0.717) is 17.7 Å². The molecular weight excluding hydrogens is 466 g/mol. The monoisotopic (exact) mass is 499 g/mol. The van der Waals surface area contributed by atoms with Crippen molar-refractivity contribution in [3.8, 4) is 0 Å². The Bertz CT molecular complexity index is 1160. The molecule has 0 bridgehead atoms. The van der Waals surface area contributed by atoms with Crippen molar-refractivity contribution in [3.05, 3.63) is 102 Å². The lowest BCUT2D eigenvalue weighted by Crippen LogP contribution is -2.45. The highest BCUT2D eigenvalue weighted by molar-refractivity contribution is 5.98. The van der Waals surface area contributed by atoms with Crippen LogP contribution in [-0.4, -0.2) is 30.0 Å². The van der Waals surface area contributed by atoms with Gasteiger partial charge in [-0.15, -0.1) is 0 Å².